The van der Waals surface area contributed by atoms with Gasteiger partial charge in [0.25, 0.3) is 0 Å². The highest BCUT2D eigenvalue weighted by Crippen LogP contribution is 2.16. The van der Waals surface area contributed by atoms with E-state index in [1.54, 1.807) is 6.33 Å². The van der Waals surface area contributed by atoms with Gasteiger partial charge in [-0.2, -0.15) is 0 Å². The monoisotopic (exact) mass is 182 g/mol. The van der Waals surface area contributed by atoms with Gasteiger partial charge in [0, 0.05) is 32.7 Å². The molecule has 0 saturated carbocycles. The number of aromatic nitrogens is 3. The molecule has 0 unspecified atom stereocenters. The highest BCUT2D eigenvalue weighted by Gasteiger charge is 2.26. The molecule has 0 bridgehead atoms. The molecule has 0 amide bonds. The fourth-order valence-corrected chi connectivity index (χ4v) is 1.57. The minimum Gasteiger partial charge on any atom is -0.396 e. The van der Waals surface area contributed by atoms with E-state index in [2.05, 4.69) is 15.1 Å². The number of hydrogen-bond donors (Lipinski definition) is 1. The predicted octanol–water partition coefficient (Wildman–Crippen LogP) is -0.761. The zero-order valence-electron chi connectivity index (χ0n) is 7.72. The number of aryl methyl sites for hydroxylation is 1. The van der Waals surface area contributed by atoms with Crippen molar-refractivity contribution in [1.29, 1.82) is 0 Å². The summed E-state index contributed by atoms with van der Waals surface area (Å²) in [5, 5.41) is 16.6. The average molecular weight is 182 g/mol. The average Bonchev–Trinajstić information content (AvgIpc) is 2.43. The molecule has 1 aromatic heterocycles. The Morgan fingerprint density at radius 1 is 1.62 bits per heavy atom. The molecule has 2 heterocycles. The molecular formula is C8H14N4O. The van der Waals surface area contributed by atoms with Gasteiger partial charge < -0.3 is 9.67 Å². The second-order valence-corrected chi connectivity index (χ2v) is 3.60. The number of aliphatic hydroxyl groups is 1. The van der Waals surface area contributed by atoms with E-state index < -0.39 is 0 Å². The summed E-state index contributed by atoms with van der Waals surface area (Å²) in [7, 11) is 1.94. The number of likely N-dealkylation sites (tertiary alicyclic amines) is 1. The van der Waals surface area contributed by atoms with Crippen LogP contribution >= 0.6 is 0 Å². The fourth-order valence-electron chi connectivity index (χ4n) is 1.57. The third kappa shape index (κ3) is 1.71. The normalized spacial score (nSPS) is 18.9. The van der Waals surface area contributed by atoms with Crippen LogP contribution in [0.1, 0.15) is 5.82 Å². The van der Waals surface area contributed by atoms with Gasteiger partial charge in [0.2, 0.25) is 0 Å². The van der Waals surface area contributed by atoms with Gasteiger partial charge in [-0.1, -0.05) is 0 Å². The van der Waals surface area contributed by atoms with Crippen LogP contribution in [-0.2, 0) is 13.6 Å². The standard InChI is InChI=1S/C8H14N4O/c1-11-6-9-10-8(11)4-12-2-7(3-12)5-13/h6-7,13H,2-5H2,1H3. The molecule has 1 aromatic rings. The summed E-state index contributed by atoms with van der Waals surface area (Å²) in [5.41, 5.74) is 0. The van der Waals surface area contributed by atoms with Gasteiger partial charge in [0.1, 0.15) is 12.2 Å². The van der Waals surface area contributed by atoms with Gasteiger partial charge in [-0.3, -0.25) is 4.90 Å². The lowest BCUT2D eigenvalue weighted by atomic mass is 10.0. The Morgan fingerprint density at radius 3 is 2.92 bits per heavy atom. The Kier molecular flexibility index (Phi) is 2.28. The summed E-state index contributed by atoms with van der Waals surface area (Å²) in [6.07, 6.45) is 1.71. The first kappa shape index (κ1) is 8.65. The molecular weight excluding hydrogens is 168 g/mol. The molecule has 0 spiro atoms. The lowest BCUT2D eigenvalue weighted by Gasteiger charge is -2.37. The molecule has 72 valence electrons. The molecule has 1 fully saturated rings. The van der Waals surface area contributed by atoms with Crippen LogP contribution in [0.25, 0.3) is 0 Å². The van der Waals surface area contributed by atoms with E-state index in [1.807, 2.05) is 11.6 Å². The van der Waals surface area contributed by atoms with Gasteiger partial charge in [-0.05, 0) is 0 Å². The molecule has 1 aliphatic rings. The van der Waals surface area contributed by atoms with Crippen LogP contribution in [-0.4, -0.2) is 44.5 Å². The highest BCUT2D eigenvalue weighted by molar-refractivity contribution is 4.88. The van der Waals surface area contributed by atoms with Crippen molar-refractivity contribution < 1.29 is 5.11 Å². The summed E-state index contributed by atoms with van der Waals surface area (Å²) in [6, 6.07) is 0. The van der Waals surface area contributed by atoms with E-state index in [1.165, 1.54) is 0 Å². The summed E-state index contributed by atoms with van der Waals surface area (Å²) >= 11 is 0. The smallest absolute Gasteiger partial charge is 0.146 e. The van der Waals surface area contributed by atoms with Crippen LogP contribution in [0.15, 0.2) is 6.33 Å². The maximum Gasteiger partial charge on any atom is 0.146 e. The Labute approximate surface area is 77.0 Å². The Bertz CT molecular complexity index is 279. The van der Waals surface area contributed by atoms with Gasteiger partial charge >= 0.3 is 0 Å². The lowest BCUT2D eigenvalue weighted by molar-refractivity contribution is 0.0453. The van der Waals surface area contributed by atoms with E-state index >= 15 is 0 Å². The van der Waals surface area contributed by atoms with Crippen molar-refractivity contribution in [2.75, 3.05) is 19.7 Å². The van der Waals surface area contributed by atoms with Gasteiger partial charge in [-0.25, -0.2) is 0 Å². The highest BCUT2D eigenvalue weighted by atomic mass is 16.3. The second kappa shape index (κ2) is 3.43. The number of rotatable bonds is 3. The van der Waals surface area contributed by atoms with E-state index in [9.17, 15) is 0 Å². The number of nitrogens with zero attached hydrogens (tertiary/aromatic N) is 4. The van der Waals surface area contributed by atoms with E-state index in [4.69, 9.17) is 5.11 Å². The SMILES string of the molecule is Cn1cnnc1CN1CC(CO)C1. The Balaban J connectivity index is 1.84. The minimum atomic E-state index is 0.301. The van der Waals surface area contributed by atoms with Gasteiger partial charge in [0.05, 0.1) is 6.54 Å². The molecule has 5 heteroatoms. The molecule has 0 radical (unpaired) electrons. The summed E-state index contributed by atoms with van der Waals surface area (Å²) in [4.78, 5) is 2.25. The maximum absolute atomic E-state index is 8.82. The van der Waals surface area contributed by atoms with Crippen molar-refractivity contribution >= 4 is 0 Å². The van der Waals surface area contributed by atoms with Crippen LogP contribution in [0.4, 0.5) is 0 Å². The number of hydrogen-bond acceptors (Lipinski definition) is 4. The molecule has 0 aliphatic carbocycles. The largest absolute Gasteiger partial charge is 0.396 e. The molecule has 1 aliphatic heterocycles. The van der Waals surface area contributed by atoms with Crippen molar-refractivity contribution in [3.8, 4) is 0 Å². The molecule has 0 aromatic carbocycles. The van der Waals surface area contributed by atoms with Crippen molar-refractivity contribution in [2.24, 2.45) is 13.0 Å². The minimum absolute atomic E-state index is 0.301. The van der Waals surface area contributed by atoms with E-state index in [0.717, 1.165) is 25.5 Å². The summed E-state index contributed by atoms with van der Waals surface area (Å²) < 4.78 is 1.92. The van der Waals surface area contributed by atoms with E-state index in [-0.39, 0.29) is 0 Å². The fraction of sp³-hybridized carbons (Fsp3) is 0.750. The van der Waals surface area contributed by atoms with Crippen molar-refractivity contribution in [3.63, 3.8) is 0 Å². The molecule has 2 rings (SSSR count). The first-order chi connectivity index (χ1) is 6.29. The summed E-state index contributed by atoms with van der Waals surface area (Å²) in [5.74, 6) is 1.45. The van der Waals surface area contributed by atoms with Crippen LogP contribution in [0.2, 0.25) is 0 Å². The Morgan fingerprint density at radius 2 is 2.38 bits per heavy atom. The first-order valence-electron chi connectivity index (χ1n) is 4.45. The zero-order chi connectivity index (χ0) is 9.26. The van der Waals surface area contributed by atoms with Crippen molar-refractivity contribution in [1.82, 2.24) is 19.7 Å². The topological polar surface area (TPSA) is 54.2 Å². The zero-order valence-corrected chi connectivity index (χ0v) is 7.72. The van der Waals surface area contributed by atoms with Crippen LogP contribution in [0.3, 0.4) is 0 Å². The third-order valence-corrected chi connectivity index (χ3v) is 2.46. The number of aliphatic hydroxyl groups excluding tert-OH is 1. The Hall–Kier alpha value is -0.940. The molecule has 13 heavy (non-hydrogen) atoms. The van der Waals surface area contributed by atoms with E-state index in [0.29, 0.717) is 12.5 Å². The summed E-state index contributed by atoms with van der Waals surface area (Å²) in [6.45, 7) is 3.09. The van der Waals surface area contributed by atoms with Gasteiger partial charge in [-0.15, -0.1) is 10.2 Å². The third-order valence-electron chi connectivity index (χ3n) is 2.46. The first-order valence-corrected chi connectivity index (χ1v) is 4.45. The predicted molar refractivity (Wildman–Crippen MR) is 46.9 cm³/mol. The quantitative estimate of drug-likeness (QED) is 0.667. The maximum atomic E-state index is 8.82. The van der Waals surface area contributed by atoms with Crippen LogP contribution < -0.4 is 0 Å². The molecule has 1 saturated heterocycles. The molecule has 5 nitrogen and oxygen atoms in total. The van der Waals surface area contributed by atoms with Crippen LogP contribution in [0.5, 0.6) is 0 Å². The van der Waals surface area contributed by atoms with Crippen molar-refractivity contribution in [2.45, 2.75) is 6.54 Å². The van der Waals surface area contributed by atoms with Gasteiger partial charge in [0.15, 0.2) is 0 Å². The molecule has 1 N–H and O–H groups in total. The molecule has 0 atom stereocenters. The second-order valence-electron chi connectivity index (χ2n) is 3.60. The van der Waals surface area contributed by atoms with Crippen molar-refractivity contribution in [3.05, 3.63) is 12.2 Å². The lowest BCUT2D eigenvalue weighted by Crippen LogP contribution is -2.47. The van der Waals surface area contributed by atoms with Crippen LogP contribution in [0, 0.1) is 5.92 Å².